The smallest absolute Gasteiger partial charge is 0.324 e. The molecule has 1 heterocycles. The summed E-state index contributed by atoms with van der Waals surface area (Å²) in [6.07, 6.45) is 2.40. The molecule has 1 aromatic rings. The second-order valence-electron chi connectivity index (χ2n) is 3.66. The van der Waals surface area contributed by atoms with Gasteiger partial charge in [-0.2, -0.15) is 4.73 Å². The minimum atomic E-state index is -1.25. The van der Waals surface area contributed by atoms with Crippen LogP contribution in [0.3, 0.4) is 0 Å². The lowest BCUT2D eigenvalue weighted by Gasteiger charge is -2.16. The summed E-state index contributed by atoms with van der Waals surface area (Å²) in [5, 5.41) is 11.3. The molecule has 20 heavy (non-hydrogen) atoms. The van der Waals surface area contributed by atoms with E-state index in [-0.39, 0.29) is 13.2 Å². The lowest BCUT2D eigenvalue weighted by atomic mass is 10.0. The zero-order valence-electron chi connectivity index (χ0n) is 10.9. The van der Waals surface area contributed by atoms with Crippen molar-refractivity contribution >= 4 is 43.8 Å². The predicted molar refractivity (Wildman–Crippen MR) is 76.8 cm³/mol. The summed E-state index contributed by atoms with van der Waals surface area (Å²) < 4.78 is 11.0. The lowest BCUT2D eigenvalue weighted by molar-refractivity contribution is -0.606. The van der Waals surface area contributed by atoms with Gasteiger partial charge in [-0.05, 0) is 45.7 Å². The van der Waals surface area contributed by atoms with Gasteiger partial charge in [-0.1, -0.05) is 0 Å². The summed E-state index contributed by atoms with van der Waals surface area (Å²) >= 11 is 6.34. The van der Waals surface area contributed by atoms with Gasteiger partial charge in [0, 0.05) is 5.56 Å². The third kappa shape index (κ3) is 3.92. The van der Waals surface area contributed by atoms with Crippen LogP contribution in [0.1, 0.15) is 25.3 Å². The number of carbonyl (C=O) groups excluding carboxylic acids is 2. The van der Waals surface area contributed by atoms with Crippen molar-refractivity contribution in [2.45, 2.75) is 19.8 Å². The Morgan fingerprint density at radius 2 is 1.55 bits per heavy atom. The molecule has 1 rings (SSSR count). The number of aromatic nitrogens is 1. The fraction of sp³-hybridized carbons (Fsp3) is 0.417. The number of esters is 2. The van der Waals surface area contributed by atoms with Crippen LogP contribution in [-0.2, 0) is 19.1 Å². The fourth-order valence-electron chi connectivity index (χ4n) is 1.57. The number of nitrogens with zero attached hydrogens (tertiary/aromatic N) is 1. The summed E-state index contributed by atoms with van der Waals surface area (Å²) in [4.78, 5) is 24.0. The second-order valence-corrected chi connectivity index (χ2v) is 5.37. The molecule has 0 aliphatic rings. The van der Waals surface area contributed by atoms with Crippen LogP contribution in [0, 0.1) is 5.21 Å². The maximum atomic E-state index is 12.0. The molecule has 0 aliphatic heterocycles. The van der Waals surface area contributed by atoms with Crippen LogP contribution in [0.2, 0.25) is 0 Å². The molecule has 6 nitrogen and oxygen atoms in total. The van der Waals surface area contributed by atoms with Crippen molar-refractivity contribution in [1.82, 2.24) is 0 Å². The van der Waals surface area contributed by atoms with Gasteiger partial charge in [0.2, 0.25) is 0 Å². The minimum absolute atomic E-state index is 0.137. The van der Waals surface area contributed by atoms with Crippen molar-refractivity contribution in [1.29, 1.82) is 0 Å². The van der Waals surface area contributed by atoms with Crippen LogP contribution in [-0.4, -0.2) is 25.2 Å². The number of pyridine rings is 1. The van der Waals surface area contributed by atoms with E-state index in [1.807, 2.05) is 0 Å². The zero-order valence-corrected chi connectivity index (χ0v) is 14.1. The molecule has 0 amide bonds. The summed E-state index contributed by atoms with van der Waals surface area (Å²) in [5.41, 5.74) is 0.300. The Hall–Kier alpha value is -1.15. The number of rotatable bonds is 5. The number of halogens is 2. The molecule has 0 aliphatic carbocycles. The average Bonchev–Trinajstić information content (AvgIpc) is 2.33. The lowest BCUT2D eigenvalue weighted by Crippen LogP contribution is -2.30. The Bertz CT molecular complexity index is 480. The first-order valence-electron chi connectivity index (χ1n) is 5.83. The Balaban J connectivity index is 3.30. The summed E-state index contributed by atoms with van der Waals surface area (Å²) in [6, 6.07) is 0. The third-order valence-corrected chi connectivity index (χ3v) is 3.59. The quantitative estimate of drug-likeness (QED) is 0.321. The molecule has 110 valence electrons. The predicted octanol–water partition coefficient (Wildman–Crippen LogP) is 2.05. The van der Waals surface area contributed by atoms with E-state index >= 15 is 0 Å². The SMILES string of the molecule is CCOC(=O)C(C(=O)OCC)c1c(Br)c[n+]([O-])cc1Br. The second kappa shape index (κ2) is 7.58. The number of hydrogen-bond acceptors (Lipinski definition) is 5. The van der Waals surface area contributed by atoms with Gasteiger partial charge in [-0.15, -0.1) is 0 Å². The van der Waals surface area contributed by atoms with Gasteiger partial charge >= 0.3 is 11.9 Å². The van der Waals surface area contributed by atoms with Crippen molar-refractivity contribution < 1.29 is 23.8 Å². The largest absolute Gasteiger partial charge is 0.619 e. The van der Waals surface area contributed by atoms with Gasteiger partial charge in [0.05, 0.1) is 22.2 Å². The highest BCUT2D eigenvalue weighted by atomic mass is 79.9. The molecule has 8 heteroatoms. The molecule has 0 bridgehead atoms. The summed E-state index contributed by atoms with van der Waals surface area (Å²) in [5.74, 6) is -2.70. The minimum Gasteiger partial charge on any atom is -0.619 e. The van der Waals surface area contributed by atoms with Crippen LogP contribution in [0.25, 0.3) is 0 Å². The van der Waals surface area contributed by atoms with E-state index in [9.17, 15) is 14.8 Å². The highest BCUT2D eigenvalue weighted by Crippen LogP contribution is 2.32. The topological polar surface area (TPSA) is 79.5 Å². The van der Waals surface area contributed by atoms with Gasteiger partial charge in [0.1, 0.15) is 0 Å². The van der Waals surface area contributed by atoms with Crippen molar-refractivity contribution in [2.75, 3.05) is 13.2 Å². The van der Waals surface area contributed by atoms with Crippen molar-refractivity contribution in [3.8, 4) is 0 Å². The molecular weight excluding hydrogens is 398 g/mol. The third-order valence-electron chi connectivity index (χ3n) is 2.33. The average molecular weight is 411 g/mol. The highest BCUT2D eigenvalue weighted by Gasteiger charge is 2.36. The van der Waals surface area contributed by atoms with Crippen LogP contribution < -0.4 is 4.73 Å². The van der Waals surface area contributed by atoms with Gasteiger partial charge in [-0.25, -0.2) is 0 Å². The van der Waals surface area contributed by atoms with Crippen LogP contribution in [0.4, 0.5) is 0 Å². The van der Waals surface area contributed by atoms with E-state index in [4.69, 9.17) is 9.47 Å². The van der Waals surface area contributed by atoms with E-state index in [1.165, 1.54) is 12.4 Å². The standard InChI is InChI=1S/C12H13Br2NO5/c1-3-19-11(16)10(12(17)20-4-2)9-7(13)5-15(18)6-8(9)14/h5-6,10H,3-4H2,1-2H3. The van der Waals surface area contributed by atoms with Crippen molar-refractivity contribution in [2.24, 2.45) is 0 Å². The van der Waals surface area contributed by atoms with E-state index in [0.29, 0.717) is 19.2 Å². The first-order valence-corrected chi connectivity index (χ1v) is 7.41. The van der Waals surface area contributed by atoms with Gasteiger partial charge in [0.15, 0.2) is 18.3 Å². The van der Waals surface area contributed by atoms with E-state index in [0.717, 1.165) is 0 Å². The molecular formula is C12H13Br2NO5. The molecule has 0 unspecified atom stereocenters. The molecule has 1 aromatic heterocycles. The summed E-state index contributed by atoms with van der Waals surface area (Å²) in [7, 11) is 0. The molecule has 0 saturated carbocycles. The highest BCUT2D eigenvalue weighted by molar-refractivity contribution is 9.11. The first-order chi connectivity index (χ1) is 9.42. The number of carbonyl (C=O) groups is 2. The Morgan fingerprint density at radius 3 is 1.90 bits per heavy atom. The molecule has 0 spiro atoms. The van der Waals surface area contributed by atoms with Gasteiger partial charge in [-0.3, -0.25) is 9.59 Å². The van der Waals surface area contributed by atoms with Crippen LogP contribution in [0.15, 0.2) is 21.3 Å². The first kappa shape index (κ1) is 16.9. The van der Waals surface area contributed by atoms with Crippen LogP contribution >= 0.6 is 31.9 Å². The van der Waals surface area contributed by atoms with E-state index in [2.05, 4.69) is 31.9 Å². The summed E-state index contributed by atoms with van der Waals surface area (Å²) in [6.45, 7) is 3.55. The van der Waals surface area contributed by atoms with Crippen molar-refractivity contribution in [3.05, 3.63) is 32.1 Å². The molecule has 0 saturated heterocycles. The number of ether oxygens (including phenoxy) is 2. The number of hydrogen-bond donors (Lipinski definition) is 0. The molecule has 0 aromatic carbocycles. The Morgan fingerprint density at radius 1 is 1.15 bits per heavy atom. The van der Waals surface area contributed by atoms with E-state index in [1.54, 1.807) is 13.8 Å². The fourth-order valence-corrected chi connectivity index (χ4v) is 3.13. The van der Waals surface area contributed by atoms with Gasteiger partial charge < -0.3 is 14.7 Å². The zero-order chi connectivity index (χ0) is 15.3. The van der Waals surface area contributed by atoms with E-state index < -0.39 is 17.9 Å². The molecule has 0 fully saturated rings. The normalized spacial score (nSPS) is 10.4. The van der Waals surface area contributed by atoms with Crippen molar-refractivity contribution in [3.63, 3.8) is 0 Å². The maximum Gasteiger partial charge on any atom is 0.324 e. The molecule has 0 N–H and O–H groups in total. The van der Waals surface area contributed by atoms with Crippen LogP contribution in [0.5, 0.6) is 0 Å². The molecule has 0 radical (unpaired) electrons. The molecule has 0 atom stereocenters. The Labute approximate surface area is 132 Å². The van der Waals surface area contributed by atoms with Gasteiger partial charge in [0.25, 0.3) is 0 Å². The monoisotopic (exact) mass is 409 g/mol. The Kier molecular flexibility index (Phi) is 6.41. The maximum absolute atomic E-state index is 12.0.